The fourth-order valence-corrected chi connectivity index (χ4v) is 2.49. The molecule has 2 nitrogen and oxygen atoms in total. The van der Waals surface area contributed by atoms with E-state index in [2.05, 4.69) is 11.9 Å². The number of halogens is 1. The maximum atomic E-state index is 13.6. The lowest BCUT2D eigenvalue weighted by atomic mass is 9.91. The minimum Gasteiger partial charge on any atom is -0.329 e. The summed E-state index contributed by atoms with van der Waals surface area (Å²) in [4.78, 5) is 2.22. The van der Waals surface area contributed by atoms with E-state index in [1.165, 1.54) is 6.07 Å². The standard InChI is InChI=1S/C12H17FN2/c1-15-7-6-10(12(15)8-14)9-4-2-3-5-11(9)13/h2-5,10,12H,6-8,14H2,1H3. The molecule has 1 aliphatic heterocycles. The van der Waals surface area contributed by atoms with Crippen molar-refractivity contribution >= 4 is 0 Å². The number of nitrogens with zero attached hydrogens (tertiary/aromatic N) is 1. The molecule has 82 valence electrons. The van der Waals surface area contributed by atoms with Gasteiger partial charge in [-0.1, -0.05) is 18.2 Å². The number of rotatable bonds is 2. The molecule has 2 unspecified atom stereocenters. The summed E-state index contributed by atoms with van der Waals surface area (Å²) in [6.07, 6.45) is 0.999. The largest absolute Gasteiger partial charge is 0.329 e. The van der Waals surface area contributed by atoms with Crippen molar-refractivity contribution in [3.05, 3.63) is 35.6 Å². The van der Waals surface area contributed by atoms with E-state index < -0.39 is 0 Å². The fraction of sp³-hybridized carbons (Fsp3) is 0.500. The lowest BCUT2D eigenvalue weighted by molar-refractivity contribution is 0.302. The zero-order valence-electron chi connectivity index (χ0n) is 8.99. The van der Waals surface area contributed by atoms with Gasteiger partial charge in [-0.15, -0.1) is 0 Å². The van der Waals surface area contributed by atoms with Gasteiger partial charge in [-0.3, -0.25) is 0 Å². The fourth-order valence-electron chi connectivity index (χ4n) is 2.49. The van der Waals surface area contributed by atoms with Crippen LogP contribution in [0.1, 0.15) is 17.9 Å². The van der Waals surface area contributed by atoms with Crippen LogP contribution in [-0.4, -0.2) is 31.1 Å². The summed E-state index contributed by atoms with van der Waals surface area (Å²) in [6.45, 7) is 1.59. The number of hydrogen-bond donors (Lipinski definition) is 1. The maximum Gasteiger partial charge on any atom is 0.126 e. The molecule has 1 saturated heterocycles. The number of likely N-dealkylation sites (tertiary alicyclic amines) is 1. The highest BCUT2D eigenvalue weighted by atomic mass is 19.1. The summed E-state index contributed by atoms with van der Waals surface area (Å²) < 4.78 is 13.6. The summed E-state index contributed by atoms with van der Waals surface area (Å²) >= 11 is 0. The third-order valence-corrected chi connectivity index (χ3v) is 3.37. The van der Waals surface area contributed by atoms with E-state index in [4.69, 9.17) is 5.73 Å². The number of hydrogen-bond acceptors (Lipinski definition) is 2. The first kappa shape index (κ1) is 10.6. The van der Waals surface area contributed by atoms with Gasteiger partial charge in [0, 0.05) is 18.5 Å². The zero-order chi connectivity index (χ0) is 10.8. The molecular formula is C12H17FN2. The van der Waals surface area contributed by atoms with Crippen molar-refractivity contribution < 1.29 is 4.39 Å². The van der Waals surface area contributed by atoms with Crippen LogP contribution >= 0.6 is 0 Å². The van der Waals surface area contributed by atoms with E-state index in [-0.39, 0.29) is 17.8 Å². The van der Waals surface area contributed by atoms with Crippen LogP contribution in [0, 0.1) is 5.82 Å². The van der Waals surface area contributed by atoms with Crippen LogP contribution < -0.4 is 5.73 Å². The van der Waals surface area contributed by atoms with Crippen LogP contribution in [0.5, 0.6) is 0 Å². The molecule has 0 saturated carbocycles. The number of benzene rings is 1. The van der Waals surface area contributed by atoms with Crippen LogP contribution in [0.15, 0.2) is 24.3 Å². The van der Waals surface area contributed by atoms with Crippen LogP contribution in [0.3, 0.4) is 0 Å². The molecule has 2 N–H and O–H groups in total. The highest BCUT2D eigenvalue weighted by Gasteiger charge is 2.32. The van der Waals surface area contributed by atoms with E-state index in [1.807, 2.05) is 12.1 Å². The highest BCUT2D eigenvalue weighted by molar-refractivity contribution is 5.25. The molecule has 0 bridgehead atoms. The van der Waals surface area contributed by atoms with Gasteiger partial charge >= 0.3 is 0 Å². The zero-order valence-corrected chi connectivity index (χ0v) is 8.99. The van der Waals surface area contributed by atoms with E-state index in [0.717, 1.165) is 18.5 Å². The van der Waals surface area contributed by atoms with E-state index in [0.29, 0.717) is 6.54 Å². The second kappa shape index (κ2) is 4.29. The third kappa shape index (κ3) is 1.90. The van der Waals surface area contributed by atoms with Crippen molar-refractivity contribution in [2.45, 2.75) is 18.4 Å². The molecule has 0 spiro atoms. The Morgan fingerprint density at radius 2 is 2.20 bits per heavy atom. The Bertz CT molecular complexity index is 340. The van der Waals surface area contributed by atoms with Crippen molar-refractivity contribution in [1.82, 2.24) is 4.90 Å². The van der Waals surface area contributed by atoms with Gasteiger partial charge in [-0.2, -0.15) is 0 Å². The topological polar surface area (TPSA) is 29.3 Å². The minimum atomic E-state index is -0.101. The lowest BCUT2D eigenvalue weighted by Crippen LogP contribution is -2.35. The highest BCUT2D eigenvalue weighted by Crippen LogP contribution is 2.33. The van der Waals surface area contributed by atoms with Crippen LogP contribution in [0.25, 0.3) is 0 Å². The number of likely N-dealkylation sites (N-methyl/N-ethyl adjacent to an activating group) is 1. The first-order chi connectivity index (χ1) is 7.24. The van der Waals surface area contributed by atoms with Crippen molar-refractivity contribution in [2.75, 3.05) is 20.1 Å². The summed E-state index contributed by atoms with van der Waals surface area (Å²) in [5.74, 6) is 0.150. The first-order valence-corrected chi connectivity index (χ1v) is 5.38. The van der Waals surface area contributed by atoms with Gasteiger partial charge in [0.05, 0.1) is 0 Å². The van der Waals surface area contributed by atoms with Crippen molar-refractivity contribution in [2.24, 2.45) is 5.73 Å². The molecule has 2 atom stereocenters. The smallest absolute Gasteiger partial charge is 0.126 e. The first-order valence-electron chi connectivity index (χ1n) is 5.38. The Kier molecular flexibility index (Phi) is 3.03. The van der Waals surface area contributed by atoms with Crippen molar-refractivity contribution in [1.29, 1.82) is 0 Å². The molecule has 1 aromatic carbocycles. The van der Waals surface area contributed by atoms with Gasteiger partial charge in [-0.05, 0) is 31.6 Å². The molecule has 1 aromatic rings. The van der Waals surface area contributed by atoms with Gasteiger partial charge in [0.25, 0.3) is 0 Å². The summed E-state index contributed by atoms with van der Waals surface area (Å²) in [5.41, 5.74) is 6.55. The molecule has 15 heavy (non-hydrogen) atoms. The summed E-state index contributed by atoms with van der Waals surface area (Å²) in [7, 11) is 2.05. The predicted molar refractivity (Wildman–Crippen MR) is 59.2 cm³/mol. The second-order valence-corrected chi connectivity index (χ2v) is 4.20. The molecular weight excluding hydrogens is 191 g/mol. The predicted octanol–water partition coefficient (Wildman–Crippen LogP) is 1.57. The van der Waals surface area contributed by atoms with E-state index in [1.54, 1.807) is 6.07 Å². The molecule has 1 aliphatic rings. The molecule has 2 rings (SSSR count). The van der Waals surface area contributed by atoms with Crippen molar-refractivity contribution in [3.63, 3.8) is 0 Å². The Hall–Kier alpha value is -0.930. The monoisotopic (exact) mass is 208 g/mol. The van der Waals surface area contributed by atoms with Crippen molar-refractivity contribution in [3.8, 4) is 0 Å². The molecule has 0 aliphatic carbocycles. The Morgan fingerprint density at radius 1 is 1.47 bits per heavy atom. The lowest BCUT2D eigenvalue weighted by Gasteiger charge is -2.23. The molecule has 0 radical (unpaired) electrons. The molecule has 0 amide bonds. The third-order valence-electron chi connectivity index (χ3n) is 3.37. The summed E-state index contributed by atoms with van der Waals surface area (Å²) in [6, 6.07) is 7.31. The Balaban J connectivity index is 2.28. The van der Waals surface area contributed by atoms with E-state index >= 15 is 0 Å². The van der Waals surface area contributed by atoms with Gasteiger partial charge in [0.15, 0.2) is 0 Å². The van der Waals surface area contributed by atoms with Crippen LogP contribution in [0.2, 0.25) is 0 Å². The average molecular weight is 208 g/mol. The van der Waals surface area contributed by atoms with Crippen LogP contribution in [-0.2, 0) is 0 Å². The van der Waals surface area contributed by atoms with Gasteiger partial charge in [-0.25, -0.2) is 4.39 Å². The SMILES string of the molecule is CN1CCC(c2ccccc2F)C1CN. The average Bonchev–Trinajstić information content (AvgIpc) is 2.60. The quantitative estimate of drug-likeness (QED) is 0.799. The molecule has 0 aromatic heterocycles. The molecule has 3 heteroatoms. The number of nitrogens with two attached hydrogens (primary N) is 1. The second-order valence-electron chi connectivity index (χ2n) is 4.20. The van der Waals surface area contributed by atoms with Gasteiger partial charge in [0.1, 0.15) is 5.82 Å². The Labute approximate surface area is 89.9 Å². The normalized spacial score (nSPS) is 27.1. The Morgan fingerprint density at radius 3 is 2.87 bits per heavy atom. The minimum absolute atomic E-state index is 0.101. The molecule has 1 fully saturated rings. The van der Waals surface area contributed by atoms with Gasteiger partial charge in [0.2, 0.25) is 0 Å². The molecule has 1 heterocycles. The van der Waals surface area contributed by atoms with Crippen LogP contribution in [0.4, 0.5) is 4.39 Å². The summed E-state index contributed by atoms with van der Waals surface area (Å²) in [5, 5.41) is 0. The van der Waals surface area contributed by atoms with E-state index in [9.17, 15) is 4.39 Å². The maximum absolute atomic E-state index is 13.6. The van der Waals surface area contributed by atoms with Gasteiger partial charge < -0.3 is 10.6 Å².